The van der Waals surface area contributed by atoms with Crippen molar-refractivity contribution in [2.24, 2.45) is 0 Å². The highest BCUT2D eigenvalue weighted by Gasteiger charge is 2.13. The minimum Gasteiger partial charge on any atom is -0.384 e. The molecule has 0 saturated heterocycles. The van der Waals surface area contributed by atoms with Gasteiger partial charge < -0.3 is 4.90 Å². The average molecular weight is 215 g/mol. The van der Waals surface area contributed by atoms with Crippen LogP contribution >= 0.6 is 0 Å². The quantitative estimate of drug-likeness (QED) is 0.456. The Bertz CT molecular complexity index is 180. The van der Waals surface area contributed by atoms with Crippen LogP contribution in [0.3, 0.4) is 0 Å². The van der Waals surface area contributed by atoms with Gasteiger partial charge >= 0.3 is 0 Å². The first-order valence-electron chi connectivity index (χ1n) is 5.01. The lowest BCUT2D eigenvalue weighted by atomic mass is 10.3. The lowest BCUT2D eigenvalue weighted by Gasteiger charge is -2.31. The Kier molecular flexibility index (Phi) is 6.07. The van der Waals surface area contributed by atoms with Crippen molar-refractivity contribution in [2.75, 3.05) is 42.3 Å². The summed E-state index contributed by atoms with van der Waals surface area (Å²) in [7, 11) is 13.8. The van der Waals surface area contributed by atoms with Crippen molar-refractivity contribution >= 4 is 10.2 Å². The third-order valence-electron chi connectivity index (χ3n) is 2.18. The van der Waals surface area contributed by atoms with Crippen LogP contribution in [0.5, 0.6) is 0 Å². The van der Waals surface area contributed by atoms with Gasteiger partial charge in [0.15, 0.2) is 0 Å². The number of rotatable bonds is 5. The Morgan fingerprint density at radius 3 is 1.79 bits per heavy atom. The molecule has 14 heavy (non-hydrogen) atoms. The molecule has 0 aliphatic carbocycles. The van der Waals surface area contributed by atoms with E-state index in [-0.39, 0.29) is 0 Å². The standard InChI is InChI=1S/C10H25N3Si/c1-11(2)8-9(14)7-10(12(3)4)13(5)6/h8,10H,7H2,1-6,14H3. The Balaban J connectivity index is 4.30. The topological polar surface area (TPSA) is 9.72 Å². The van der Waals surface area contributed by atoms with Gasteiger partial charge in [0, 0.05) is 24.3 Å². The van der Waals surface area contributed by atoms with Crippen LogP contribution in [0.15, 0.2) is 11.4 Å². The van der Waals surface area contributed by atoms with E-state index in [1.165, 1.54) is 0 Å². The van der Waals surface area contributed by atoms with Gasteiger partial charge in [-0.05, 0) is 40.8 Å². The van der Waals surface area contributed by atoms with Crippen molar-refractivity contribution in [3.05, 3.63) is 11.4 Å². The van der Waals surface area contributed by atoms with Crippen LogP contribution in [0.25, 0.3) is 0 Å². The zero-order valence-electron chi connectivity index (χ0n) is 10.7. The Hall–Kier alpha value is -0.323. The van der Waals surface area contributed by atoms with Crippen molar-refractivity contribution < 1.29 is 0 Å². The monoisotopic (exact) mass is 215 g/mol. The summed E-state index contributed by atoms with van der Waals surface area (Å²) < 4.78 is 0. The number of hydrogen-bond acceptors (Lipinski definition) is 3. The molecular weight excluding hydrogens is 190 g/mol. The van der Waals surface area contributed by atoms with Gasteiger partial charge in [-0.1, -0.05) is 5.20 Å². The zero-order chi connectivity index (χ0) is 11.3. The summed E-state index contributed by atoms with van der Waals surface area (Å²) in [5.41, 5.74) is 0. The summed E-state index contributed by atoms with van der Waals surface area (Å²) in [5, 5.41) is 1.54. The van der Waals surface area contributed by atoms with Gasteiger partial charge in [-0.25, -0.2) is 0 Å². The molecule has 0 rings (SSSR count). The second-order valence-electron chi connectivity index (χ2n) is 4.55. The van der Waals surface area contributed by atoms with Crippen LogP contribution in [-0.2, 0) is 0 Å². The molecule has 0 bridgehead atoms. The van der Waals surface area contributed by atoms with Gasteiger partial charge in [0.1, 0.15) is 0 Å². The van der Waals surface area contributed by atoms with Gasteiger partial charge in [-0.15, -0.1) is 0 Å². The molecule has 0 unspecified atom stereocenters. The third kappa shape index (κ3) is 5.42. The van der Waals surface area contributed by atoms with E-state index in [2.05, 4.69) is 63.2 Å². The second kappa shape index (κ2) is 6.21. The molecule has 0 amide bonds. The molecule has 0 aromatic carbocycles. The van der Waals surface area contributed by atoms with Crippen LogP contribution in [0.1, 0.15) is 6.42 Å². The fourth-order valence-corrected chi connectivity index (χ4v) is 2.49. The smallest absolute Gasteiger partial charge is 0.0647 e. The third-order valence-corrected chi connectivity index (χ3v) is 2.84. The van der Waals surface area contributed by atoms with Crippen LogP contribution in [0.4, 0.5) is 0 Å². The molecule has 0 saturated carbocycles. The van der Waals surface area contributed by atoms with Gasteiger partial charge in [-0.3, -0.25) is 9.80 Å². The maximum Gasteiger partial charge on any atom is 0.0647 e. The fraction of sp³-hybridized carbons (Fsp3) is 0.800. The van der Waals surface area contributed by atoms with Crippen molar-refractivity contribution in [2.45, 2.75) is 12.6 Å². The molecule has 0 aliphatic rings. The molecule has 0 radical (unpaired) electrons. The van der Waals surface area contributed by atoms with Gasteiger partial charge in [0.2, 0.25) is 0 Å². The molecule has 4 heteroatoms. The molecule has 0 fully saturated rings. The van der Waals surface area contributed by atoms with E-state index in [4.69, 9.17) is 0 Å². The summed E-state index contributed by atoms with van der Waals surface area (Å²) in [6.07, 6.45) is 3.90. The minimum atomic E-state index is 0.513. The van der Waals surface area contributed by atoms with Crippen molar-refractivity contribution in [3.8, 4) is 0 Å². The first-order chi connectivity index (χ1) is 6.34. The Labute approximate surface area is 91.8 Å². The van der Waals surface area contributed by atoms with E-state index in [1.54, 1.807) is 5.20 Å². The zero-order valence-corrected chi connectivity index (χ0v) is 12.7. The van der Waals surface area contributed by atoms with Gasteiger partial charge in [-0.2, -0.15) is 0 Å². The molecule has 0 aromatic heterocycles. The van der Waals surface area contributed by atoms with E-state index in [9.17, 15) is 0 Å². The van der Waals surface area contributed by atoms with Gasteiger partial charge in [0.25, 0.3) is 0 Å². The highest BCUT2D eigenvalue weighted by molar-refractivity contribution is 6.21. The fourth-order valence-electron chi connectivity index (χ4n) is 1.61. The maximum atomic E-state index is 2.27. The molecule has 0 aliphatic heterocycles. The largest absolute Gasteiger partial charge is 0.384 e. The number of hydrogen-bond donors (Lipinski definition) is 0. The van der Waals surface area contributed by atoms with E-state index in [0.29, 0.717) is 6.17 Å². The first-order valence-corrected chi connectivity index (χ1v) is 6.01. The average Bonchev–Trinajstić information content (AvgIpc) is 1.97. The van der Waals surface area contributed by atoms with Crippen LogP contribution < -0.4 is 0 Å². The summed E-state index contributed by atoms with van der Waals surface area (Å²) in [4.78, 5) is 6.66. The van der Waals surface area contributed by atoms with Crippen molar-refractivity contribution in [1.29, 1.82) is 0 Å². The van der Waals surface area contributed by atoms with Crippen molar-refractivity contribution in [3.63, 3.8) is 0 Å². The maximum absolute atomic E-state index is 2.27. The summed E-state index contributed by atoms with van der Waals surface area (Å²) in [5.74, 6) is 0. The van der Waals surface area contributed by atoms with E-state index < -0.39 is 0 Å². The molecular formula is C10H25N3Si. The van der Waals surface area contributed by atoms with Crippen molar-refractivity contribution in [1.82, 2.24) is 14.7 Å². The predicted molar refractivity (Wildman–Crippen MR) is 67.5 cm³/mol. The highest BCUT2D eigenvalue weighted by Crippen LogP contribution is 2.08. The van der Waals surface area contributed by atoms with Crippen LogP contribution in [0, 0.1) is 0 Å². The second-order valence-corrected chi connectivity index (χ2v) is 5.84. The van der Waals surface area contributed by atoms with Gasteiger partial charge in [0.05, 0.1) is 6.17 Å². The lowest BCUT2D eigenvalue weighted by molar-refractivity contribution is 0.131. The molecule has 0 atom stereocenters. The molecule has 0 heterocycles. The minimum absolute atomic E-state index is 0.513. The summed E-state index contributed by atoms with van der Waals surface area (Å²) >= 11 is 0. The Morgan fingerprint density at radius 1 is 1.07 bits per heavy atom. The summed E-state index contributed by atoms with van der Waals surface area (Å²) in [6, 6.07) is 0. The SMILES string of the molecule is CN(C)C=C([SiH3])CC(N(C)C)N(C)C. The summed E-state index contributed by atoms with van der Waals surface area (Å²) in [6.45, 7) is 0. The first kappa shape index (κ1) is 13.7. The van der Waals surface area contributed by atoms with E-state index >= 15 is 0 Å². The number of nitrogens with zero attached hydrogens (tertiary/aromatic N) is 3. The molecule has 84 valence electrons. The molecule has 0 spiro atoms. The van der Waals surface area contributed by atoms with Crippen LogP contribution in [-0.4, -0.2) is 73.4 Å². The molecule has 0 aromatic rings. The van der Waals surface area contributed by atoms with E-state index in [1.807, 2.05) is 0 Å². The normalized spacial score (nSPS) is 13.4. The lowest BCUT2D eigenvalue weighted by Crippen LogP contribution is -2.40. The highest BCUT2D eigenvalue weighted by atomic mass is 28.1. The Morgan fingerprint density at radius 2 is 1.50 bits per heavy atom. The van der Waals surface area contributed by atoms with E-state index in [0.717, 1.165) is 16.7 Å². The molecule has 0 N–H and O–H groups in total. The predicted octanol–water partition coefficient (Wildman–Crippen LogP) is -0.406. The molecule has 3 nitrogen and oxygen atoms in total. The van der Waals surface area contributed by atoms with Crippen LogP contribution in [0.2, 0.25) is 0 Å².